The molecule has 7 heteroatoms. The lowest BCUT2D eigenvalue weighted by molar-refractivity contribution is 0.0961. The molecule has 2 N–H and O–H groups in total. The van der Waals surface area contributed by atoms with E-state index in [1.54, 1.807) is 72.8 Å². The first-order chi connectivity index (χ1) is 11.7. The number of nitrogens with one attached hydrogen (secondary N) is 2. The lowest BCUT2D eigenvalue weighted by Gasteiger charge is -2.08. The van der Waals surface area contributed by atoms with Crippen molar-refractivity contribution in [1.82, 2.24) is 20.1 Å². The highest BCUT2D eigenvalue weighted by atomic mass is 16.2. The first-order valence-electron chi connectivity index (χ1n) is 7.27. The van der Waals surface area contributed by atoms with Crippen LogP contribution in [0, 0.1) is 0 Å². The Morgan fingerprint density at radius 1 is 1.04 bits per heavy atom. The molecule has 0 atom stereocenters. The molecule has 2 heterocycles. The molecule has 3 aromatic rings. The zero-order chi connectivity index (χ0) is 16.9. The van der Waals surface area contributed by atoms with Gasteiger partial charge in [0.2, 0.25) is 0 Å². The van der Waals surface area contributed by atoms with Gasteiger partial charge in [-0.1, -0.05) is 6.07 Å². The highest BCUT2D eigenvalue weighted by Gasteiger charge is 2.11. The third-order valence-electron chi connectivity index (χ3n) is 3.35. The molecule has 2 amide bonds. The molecule has 2 aromatic heterocycles. The molecule has 7 nitrogen and oxygen atoms in total. The second kappa shape index (κ2) is 6.74. The number of rotatable bonds is 4. The Morgan fingerprint density at radius 2 is 1.92 bits per heavy atom. The van der Waals surface area contributed by atoms with Gasteiger partial charge in [-0.3, -0.25) is 14.6 Å². The third-order valence-corrected chi connectivity index (χ3v) is 3.35. The van der Waals surface area contributed by atoms with Crippen molar-refractivity contribution in [2.24, 2.45) is 0 Å². The number of aromatic nitrogens is 3. The van der Waals surface area contributed by atoms with Crippen LogP contribution in [0.3, 0.4) is 0 Å². The van der Waals surface area contributed by atoms with Crippen molar-refractivity contribution in [2.45, 2.75) is 0 Å². The smallest absolute Gasteiger partial charge is 0.274 e. The Hall–Kier alpha value is -3.48. The Labute approximate surface area is 138 Å². The largest absolute Gasteiger partial charge is 0.355 e. The fourth-order valence-corrected chi connectivity index (χ4v) is 2.19. The number of hydrogen-bond acceptors (Lipinski definition) is 4. The van der Waals surface area contributed by atoms with Crippen molar-refractivity contribution in [3.8, 4) is 5.69 Å². The zero-order valence-corrected chi connectivity index (χ0v) is 12.9. The first kappa shape index (κ1) is 15.4. The summed E-state index contributed by atoms with van der Waals surface area (Å²) in [4.78, 5) is 28.1. The molecule has 1 aromatic carbocycles. The van der Waals surface area contributed by atoms with Gasteiger partial charge in [0.25, 0.3) is 11.8 Å². The molecule has 0 aliphatic rings. The summed E-state index contributed by atoms with van der Waals surface area (Å²) in [5.41, 5.74) is 1.98. The first-order valence-corrected chi connectivity index (χ1v) is 7.27. The molecule has 120 valence electrons. The average molecular weight is 321 g/mol. The zero-order valence-electron chi connectivity index (χ0n) is 12.9. The van der Waals surface area contributed by atoms with Crippen LogP contribution in [-0.4, -0.2) is 33.6 Å². The highest BCUT2D eigenvalue weighted by molar-refractivity contribution is 6.04. The number of anilines is 1. The molecular formula is C17H15N5O2. The topological polar surface area (TPSA) is 88.9 Å². The van der Waals surface area contributed by atoms with E-state index in [4.69, 9.17) is 0 Å². The summed E-state index contributed by atoms with van der Waals surface area (Å²) >= 11 is 0. The molecule has 0 unspecified atom stereocenters. The summed E-state index contributed by atoms with van der Waals surface area (Å²) < 4.78 is 1.64. The highest BCUT2D eigenvalue weighted by Crippen LogP contribution is 2.13. The lowest BCUT2D eigenvalue weighted by Crippen LogP contribution is -2.18. The van der Waals surface area contributed by atoms with Gasteiger partial charge >= 0.3 is 0 Å². The molecule has 24 heavy (non-hydrogen) atoms. The summed E-state index contributed by atoms with van der Waals surface area (Å²) in [5, 5.41) is 9.41. The Bertz CT molecular complexity index is 874. The molecular weight excluding hydrogens is 306 g/mol. The number of benzene rings is 1. The minimum absolute atomic E-state index is 0.218. The molecule has 0 aliphatic carbocycles. The molecule has 3 rings (SSSR count). The molecule has 0 saturated heterocycles. The van der Waals surface area contributed by atoms with Crippen LogP contribution in [0.25, 0.3) is 5.69 Å². The van der Waals surface area contributed by atoms with Crippen molar-refractivity contribution in [2.75, 3.05) is 12.4 Å². The van der Waals surface area contributed by atoms with Gasteiger partial charge in [-0.05, 0) is 36.4 Å². The number of carbonyl (C=O) groups is 2. The molecule has 0 fully saturated rings. The maximum absolute atomic E-state index is 12.4. The van der Waals surface area contributed by atoms with Crippen molar-refractivity contribution < 1.29 is 9.59 Å². The standard InChI is InChI=1S/C17H15N5O2/c1-18-16(23)12-4-2-5-13(10-12)21-17(24)15-11-14(6-8-19-15)22-9-3-7-20-22/h2-11H,1H3,(H,18,23)(H,21,24). The van der Waals surface area contributed by atoms with E-state index in [0.717, 1.165) is 5.69 Å². The maximum atomic E-state index is 12.4. The Kier molecular flexibility index (Phi) is 4.33. The van der Waals surface area contributed by atoms with E-state index in [1.807, 2.05) is 0 Å². The van der Waals surface area contributed by atoms with Gasteiger partial charge in [0, 0.05) is 36.9 Å². The second-order valence-corrected chi connectivity index (χ2v) is 4.96. The van der Waals surface area contributed by atoms with Gasteiger partial charge in [-0.2, -0.15) is 5.10 Å². The van der Waals surface area contributed by atoms with E-state index < -0.39 is 0 Å². The van der Waals surface area contributed by atoms with Crippen molar-refractivity contribution in [3.05, 3.63) is 72.3 Å². The van der Waals surface area contributed by atoms with E-state index in [9.17, 15) is 9.59 Å². The minimum atomic E-state index is -0.363. The average Bonchev–Trinajstić information content (AvgIpc) is 3.16. The van der Waals surface area contributed by atoms with Crippen LogP contribution in [0.15, 0.2) is 61.1 Å². The minimum Gasteiger partial charge on any atom is -0.355 e. The number of pyridine rings is 1. The lowest BCUT2D eigenvalue weighted by atomic mass is 10.2. The van der Waals surface area contributed by atoms with Crippen LogP contribution in [0.1, 0.15) is 20.8 Å². The fourth-order valence-electron chi connectivity index (χ4n) is 2.19. The Morgan fingerprint density at radius 3 is 2.67 bits per heavy atom. The van der Waals surface area contributed by atoms with E-state index in [0.29, 0.717) is 11.3 Å². The van der Waals surface area contributed by atoms with Crippen LogP contribution in [0.4, 0.5) is 5.69 Å². The van der Waals surface area contributed by atoms with Crippen LogP contribution < -0.4 is 10.6 Å². The number of carbonyl (C=O) groups excluding carboxylic acids is 2. The SMILES string of the molecule is CNC(=O)c1cccc(NC(=O)c2cc(-n3cccn3)ccn2)c1. The van der Waals surface area contributed by atoms with Crippen LogP contribution in [0.5, 0.6) is 0 Å². The van der Waals surface area contributed by atoms with E-state index in [-0.39, 0.29) is 17.5 Å². The molecule has 0 saturated carbocycles. The van der Waals surface area contributed by atoms with Crippen molar-refractivity contribution in [3.63, 3.8) is 0 Å². The molecule has 0 aliphatic heterocycles. The predicted octanol–water partition coefficient (Wildman–Crippen LogP) is 1.88. The monoisotopic (exact) mass is 321 g/mol. The van der Waals surface area contributed by atoms with Crippen LogP contribution in [0.2, 0.25) is 0 Å². The van der Waals surface area contributed by atoms with E-state index in [2.05, 4.69) is 20.7 Å². The predicted molar refractivity (Wildman–Crippen MR) is 89.1 cm³/mol. The summed E-state index contributed by atoms with van der Waals surface area (Å²) in [5.74, 6) is -0.581. The van der Waals surface area contributed by atoms with E-state index >= 15 is 0 Å². The summed E-state index contributed by atoms with van der Waals surface area (Å²) in [7, 11) is 1.55. The van der Waals surface area contributed by atoms with Gasteiger partial charge in [-0.25, -0.2) is 4.68 Å². The fraction of sp³-hybridized carbons (Fsp3) is 0.0588. The van der Waals surface area contributed by atoms with Gasteiger partial charge in [-0.15, -0.1) is 0 Å². The molecule has 0 spiro atoms. The number of nitrogens with zero attached hydrogens (tertiary/aromatic N) is 3. The van der Waals surface area contributed by atoms with Crippen LogP contribution >= 0.6 is 0 Å². The molecule has 0 radical (unpaired) electrons. The summed E-state index contributed by atoms with van der Waals surface area (Å²) in [6.07, 6.45) is 4.99. The van der Waals surface area contributed by atoms with Crippen molar-refractivity contribution >= 4 is 17.5 Å². The normalized spacial score (nSPS) is 10.2. The Balaban J connectivity index is 1.81. The maximum Gasteiger partial charge on any atom is 0.274 e. The number of amides is 2. The van der Waals surface area contributed by atoms with Crippen LogP contribution in [-0.2, 0) is 0 Å². The number of hydrogen-bond donors (Lipinski definition) is 2. The summed E-state index contributed by atoms with van der Waals surface area (Å²) in [6.45, 7) is 0. The van der Waals surface area contributed by atoms with Gasteiger partial charge in [0.15, 0.2) is 0 Å². The molecule has 0 bridgehead atoms. The second-order valence-electron chi connectivity index (χ2n) is 4.96. The van der Waals surface area contributed by atoms with E-state index in [1.165, 1.54) is 0 Å². The quantitative estimate of drug-likeness (QED) is 0.768. The van der Waals surface area contributed by atoms with Gasteiger partial charge in [0.05, 0.1) is 5.69 Å². The van der Waals surface area contributed by atoms with Crippen molar-refractivity contribution in [1.29, 1.82) is 0 Å². The summed E-state index contributed by atoms with van der Waals surface area (Å²) in [6, 6.07) is 11.9. The third kappa shape index (κ3) is 3.30. The van der Waals surface area contributed by atoms with Gasteiger partial charge in [0.1, 0.15) is 5.69 Å². The van der Waals surface area contributed by atoms with Gasteiger partial charge < -0.3 is 10.6 Å².